The predicted octanol–water partition coefficient (Wildman–Crippen LogP) is 3.68. The number of para-hydroxylation sites is 1. The van der Waals surface area contributed by atoms with E-state index in [0.717, 1.165) is 12.8 Å². The number of nitrogens with zero attached hydrogens (tertiary/aromatic N) is 1. The van der Waals surface area contributed by atoms with Gasteiger partial charge in [0, 0.05) is 24.2 Å². The second kappa shape index (κ2) is 10.5. The van der Waals surface area contributed by atoms with Gasteiger partial charge < -0.3 is 10.6 Å². The number of amides is 2. The van der Waals surface area contributed by atoms with Crippen LogP contribution in [-0.2, 0) is 19.6 Å². The first-order valence-corrected chi connectivity index (χ1v) is 12.1. The first kappa shape index (κ1) is 23.5. The summed E-state index contributed by atoms with van der Waals surface area (Å²) in [5, 5.41) is 5.81. The van der Waals surface area contributed by atoms with Gasteiger partial charge in [-0.05, 0) is 55.7 Å². The minimum atomic E-state index is -3.67. The van der Waals surface area contributed by atoms with E-state index in [9.17, 15) is 18.0 Å². The van der Waals surface area contributed by atoms with E-state index in [1.165, 1.54) is 16.4 Å². The highest BCUT2D eigenvalue weighted by Gasteiger charge is 2.33. The van der Waals surface area contributed by atoms with E-state index >= 15 is 0 Å². The molecule has 31 heavy (non-hydrogen) atoms. The number of carbonyl (C=O) groups is 2. The van der Waals surface area contributed by atoms with Crippen molar-refractivity contribution in [3.05, 3.63) is 58.6 Å². The van der Waals surface area contributed by atoms with Crippen molar-refractivity contribution in [1.82, 2.24) is 9.62 Å². The molecule has 10 heteroatoms. The van der Waals surface area contributed by atoms with Crippen LogP contribution in [0.15, 0.2) is 53.4 Å². The number of nitrogens with one attached hydrogen (secondary N) is 2. The molecule has 0 bridgehead atoms. The summed E-state index contributed by atoms with van der Waals surface area (Å²) in [6.07, 6.45) is 2.76. The van der Waals surface area contributed by atoms with Crippen molar-refractivity contribution in [3.8, 4) is 0 Å². The van der Waals surface area contributed by atoms with Crippen LogP contribution in [-0.4, -0.2) is 43.7 Å². The minimum absolute atomic E-state index is 0.173. The van der Waals surface area contributed by atoms with Gasteiger partial charge in [-0.2, -0.15) is 4.31 Å². The highest BCUT2D eigenvalue weighted by atomic mass is 35.5. The Balaban J connectivity index is 1.58. The van der Waals surface area contributed by atoms with Crippen molar-refractivity contribution in [2.75, 3.05) is 18.4 Å². The number of piperidine rings is 1. The van der Waals surface area contributed by atoms with Gasteiger partial charge in [0.15, 0.2) is 0 Å². The SMILES string of the molecule is O=C(NCCC1CCCCN1S(=O)(=O)c1ccc(Cl)cc1)C(=O)Nc1ccccc1Cl. The highest BCUT2D eigenvalue weighted by Crippen LogP contribution is 2.27. The van der Waals surface area contributed by atoms with E-state index in [-0.39, 0.29) is 17.5 Å². The summed E-state index contributed by atoms with van der Waals surface area (Å²) in [7, 11) is -3.67. The lowest BCUT2D eigenvalue weighted by atomic mass is 10.0. The molecule has 0 aromatic heterocycles. The maximum absolute atomic E-state index is 13.1. The zero-order valence-corrected chi connectivity index (χ0v) is 19.0. The van der Waals surface area contributed by atoms with Gasteiger partial charge in [-0.25, -0.2) is 8.42 Å². The lowest BCUT2D eigenvalue weighted by Gasteiger charge is -2.34. The largest absolute Gasteiger partial charge is 0.348 e. The summed E-state index contributed by atoms with van der Waals surface area (Å²) in [4.78, 5) is 24.4. The van der Waals surface area contributed by atoms with E-state index in [2.05, 4.69) is 10.6 Å². The molecule has 7 nitrogen and oxygen atoms in total. The molecule has 166 valence electrons. The summed E-state index contributed by atoms with van der Waals surface area (Å²) in [6, 6.07) is 12.4. The lowest BCUT2D eigenvalue weighted by Crippen LogP contribution is -2.45. The highest BCUT2D eigenvalue weighted by molar-refractivity contribution is 7.89. The predicted molar refractivity (Wildman–Crippen MR) is 121 cm³/mol. The number of rotatable bonds is 6. The molecule has 1 aliphatic heterocycles. The topological polar surface area (TPSA) is 95.6 Å². The number of sulfonamides is 1. The Morgan fingerprint density at radius 1 is 1.00 bits per heavy atom. The van der Waals surface area contributed by atoms with Crippen molar-refractivity contribution in [2.24, 2.45) is 0 Å². The van der Waals surface area contributed by atoms with Crippen LogP contribution in [0.3, 0.4) is 0 Å². The van der Waals surface area contributed by atoms with Gasteiger partial charge in [0.05, 0.1) is 15.6 Å². The molecule has 2 aromatic carbocycles. The summed E-state index contributed by atoms with van der Waals surface area (Å²) in [6.45, 7) is 0.586. The Kier molecular flexibility index (Phi) is 7.94. The maximum atomic E-state index is 13.1. The molecule has 1 atom stereocenters. The Morgan fingerprint density at radius 2 is 1.71 bits per heavy atom. The van der Waals surface area contributed by atoms with Gasteiger partial charge in [0.1, 0.15) is 0 Å². The molecular formula is C21H23Cl2N3O4S. The third-order valence-electron chi connectivity index (χ3n) is 5.08. The fourth-order valence-electron chi connectivity index (χ4n) is 3.50. The summed E-state index contributed by atoms with van der Waals surface area (Å²) in [5.41, 5.74) is 0.344. The second-order valence-electron chi connectivity index (χ2n) is 7.20. The smallest absolute Gasteiger partial charge is 0.313 e. The zero-order chi connectivity index (χ0) is 22.4. The normalized spacial score (nSPS) is 17.2. The molecule has 1 fully saturated rings. The molecular weight excluding hydrogens is 461 g/mol. The van der Waals surface area contributed by atoms with E-state index in [1.54, 1.807) is 36.4 Å². The molecule has 1 unspecified atom stereocenters. The van der Waals surface area contributed by atoms with Crippen LogP contribution in [0, 0.1) is 0 Å². The molecule has 0 radical (unpaired) electrons. The number of carbonyl (C=O) groups excluding carboxylic acids is 2. The van der Waals surface area contributed by atoms with Gasteiger partial charge >= 0.3 is 11.8 Å². The van der Waals surface area contributed by atoms with Crippen LogP contribution in [0.1, 0.15) is 25.7 Å². The van der Waals surface area contributed by atoms with Crippen LogP contribution in [0.25, 0.3) is 0 Å². The van der Waals surface area contributed by atoms with Gasteiger partial charge in [0.25, 0.3) is 0 Å². The first-order valence-electron chi connectivity index (χ1n) is 9.90. The summed E-state index contributed by atoms with van der Waals surface area (Å²) in [5.74, 6) is -1.63. The molecule has 0 aliphatic carbocycles. The standard InChI is InChI=1S/C21H23Cl2N3O4S/c22-15-8-10-17(11-9-15)31(29,30)26-14-4-3-5-16(26)12-13-24-20(27)21(28)25-19-7-2-1-6-18(19)23/h1-2,6-11,16H,3-5,12-14H2,(H,24,27)(H,25,28). The number of hydrogen-bond donors (Lipinski definition) is 2. The Labute approximate surface area is 191 Å². The molecule has 1 saturated heterocycles. The van der Waals surface area contributed by atoms with Gasteiger partial charge in [-0.3, -0.25) is 9.59 Å². The number of hydrogen-bond acceptors (Lipinski definition) is 4. The van der Waals surface area contributed by atoms with Crippen LogP contribution < -0.4 is 10.6 Å². The quantitative estimate of drug-likeness (QED) is 0.612. The Morgan fingerprint density at radius 3 is 2.42 bits per heavy atom. The molecule has 0 spiro atoms. The summed E-state index contributed by atoms with van der Waals surface area (Å²) < 4.78 is 27.6. The zero-order valence-electron chi connectivity index (χ0n) is 16.7. The number of benzene rings is 2. The van der Waals surface area contributed by atoms with Crippen LogP contribution in [0.5, 0.6) is 0 Å². The monoisotopic (exact) mass is 483 g/mol. The molecule has 1 aliphatic rings. The molecule has 2 N–H and O–H groups in total. The van der Waals surface area contributed by atoms with Crippen LogP contribution >= 0.6 is 23.2 Å². The van der Waals surface area contributed by atoms with Crippen LogP contribution in [0.4, 0.5) is 5.69 Å². The van der Waals surface area contributed by atoms with Gasteiger partial charge in [0.2, 0.25) is 10.0 Å². The molecule has 3 rings (SSSR count). The van der Waals surface area contributed by atoms with Crippen molar-refractivity contribution >= 4 is 50.7 Å². The minimum Gasteiger partial charge on any atom is -0.348 e. The lowest BCUT2D eigenvalue weighted by molar-refractivity contribution is -0.136. The van der Waals surface area contributed by atoms with Crippen molar-refractivity contribution in [3.63, 3.8) is 0 Å². The second-order valence-corrected chi connectivity index (χ2v) is 9.93. The third kappa shape index (κ3) is 5.98. The fraction of sp³-hybridized carbons (Fsp3) is 0.333. The van der Waals surface area contributed by atoms with E-state index in [0.29, 0.717) is 35.1 Å². The number of halogens is 2. The van der Waals surface area contributed by atoms with Crippen LogP contribution in [0.2, 0.25) is 10.0 Å². The molecule has 1 heterocycles. The van der Waals surface area contributed by atoms with E-state index in [1.807, 2.05) is 0 Å². The number of anilines is 1. The average Bonchev–Trinajstić information content (AvgIpc) is 2.76. The van der Waals surface area contributed by atoms with Crippen molar-refractivity contribution < 1.29 is 18.0 Å². The third-order valence-corrected chi connectivity index (χ3v) is 7.63. The van der Waals surface area contributed by atoms with Gasteiger partial charge in [-0.1, -0.05) is 41.8 Å². The molecule has 0 saturated carbocycles. The molecule has 2 aromatic rings. The fourth-order valence-corrected chi connectivity index (χ4v) is 5.53. The average molecular weight is 484 g/mol. The first-order chi connectivity index (χ1) is 14.8. The van der Waals surface area contributed by atoms with Gasteiger partial charge in [-0.15, -0.1) is 0 Å². The molecule has 2 amide bonds. The Bertz CT molecular complexity index is 1040. The summed E-state index contributed by atoms with van der Waals surface area (Å²) >= 11 is 11.9. The van der Waals surface area contributed by atoms with Crippen molar-refractivity contribution in [2.45, 2.75) is 36.6 Å². The van der Waals surface area contributed by atoms with E-state index in [4.69, 9.17) is 23.2 Å². The van der Waals surface area contributed by atoms with Crippen molar-refractivity contribution in [1.29, 1.82) is 0 Å². The maximum Gasteiger partial charge on any atom is 0.313 e. The Hall–Kier alpha value is -2.13. The van der Waals surface area contributed by atoms with E-state index < -0.39 is 21.8 Å².